The van der Waals surface area contributed by atoms with E-state index >= 15 is 0 Å². The summed E-state index contributed by atoms with van der Waals surface area (Å²) < 4.78 is 0. The molecule has 0 bridgehead atoms. The van der Waals surface area contributed by atoms with Gasteiger partial charge in [0.15, 0.2) is 0 Å². The maximum absolute atomic E-state index is 7.59. The van der Waals surface area contributed by atoms with Crippen LogP contribution >= 0.6 is 0 Å². The first kappa shape index (κ1) is 15.7. The van der Waals surface area contributed by atoms with Gasteiger partial charge in [-0.1, -0.05) is 0 Å². The average molecular weight is 171 g/mol. The third-order valence-electron chi connectivity index (χ3n) is 0.162. The zero-order valence-corrected chi connectivity index (χ0v) is 7.31. The molecule has 0 fully saturated rings. The molecule has 0 heterocycles. The van der Waals surface area contributed by atoms with Crippen molar-refractivity contribution in [2.24, 2.45) is 4.99 Å². The van der Waals surface area contributed by atoms with Gasteiger partial charge in [-0.2, -0.15) is 6.21 Å². The molecule has 0 aliphatic carbocycles. The number of aliphatic imine (C=N–C) groups is 1. The zero-order valence-electron chi connectivity index (χ0n) is 4.47. The molecule has 0 saturated heterocycles. The van der Waals surface area contributed by atoms with E-state index in [1.165, 1.54) is 6.19 Å². The van der Waals surface area contributed by atoms with Crippen LogP contribution in [-0.4, -0.2) is 6.21 Å². The number of hydrogen-bond donors (Lipinski definition) is 0. The van der Waals surface area contributed by atoms with Gasteiger partial charge in [-0.25, -0.2) is 0 Å². The second-order valence-electron chi connectivity index (χ2n) is 0.435. The Morgan fingerprint density at radius 1 is 1.71 bits per heavy atom. The van der Waals surface area contributed by atoms with E-state index in [1.54, 1.807) is 6.92 Å². The molecule has 0 aromatic heterocycles. The fourth-order valence-electron chi connectivity index (χ4n) is 0.0500. The molecule has 0 aliphatic rings. The Balaban J connectivity index is -0.0000000800. The van der Waals surface area contributed by atoms with Crippen LogP contribution in [-0.2, 0) is 32.7 Å². The second kappa shape index (κ2) is 16.3. The van der Waals surface area contributed by atoms with Crippen molar-refractivity contribution in [2.45, 2.75) is 6.92 Å². The van der Waals surface area contributed by atoms with E-state index in [-0.39, 0.29) is 40.1 Å². The molecular weight excluding hydrogens is 165 g/mol. The van der Waals surface area contributed by atoms with Gasteiger partial charge in [0.1, 0.15) is 0 Å². The molecule has 2 nitrogen and oxygen atoms in total. The SMILES string of the molecule is C[C-]=NC#N.[CH3-].[Y]. The van der Waals surface area contributed by atoms with E-state index in [1.807, 2.05) is 0 Å². The van der Waals surface area contributed by atoms with Crippen molar-refractivity contribution < 1.29 is 32.7 Å². The van der Waals surface area contributed by atoms with Crippen LogP contribution in [0.4, 0.5) is 0 Å². The second-order valence-corrected chi connectivity index (χ2v) is 0.435. The first-order chi connectivity index (χ1) is 2.41. The normalized spacial score (nSPS) is 5.71. The number of hydrogen-bond acceptors (Lipinski definition) is 2. The van der Waals surface area contributed by atoms with Gasteiger partial charge in [-0.3, -0.25) is 0 Å². The van der Waals surface area contributed by atoms with Crippen LogP contribution in [0, 0.1) is 18.9 Å². The molecule has 0 aromatic carbocycles. The molecule has 0 spiro atoms. The average Bonchev–Trinajstić information content (AvgIpc) is 1.41. The van der Waals surface area contributed by atoms with E-state index < -0.39 is 0 Å². The molecule has 0 aromatic rings. The largest absolute Gasteiger partial charge is 0.401 e. The minimum atomic E-state index is 0. The van der Waals surface area contributed by atoms with Crippen LogP contribution in [0.25, 0.3) is 0 Å². The number of nitrogens with zero attached hydrogens (tertiary/aromatic N) is 2. The molecule has 0 N–H and O–H groups in total. The minimum Gasteiger partial charge on any atom is -0.401 e. The van der Waals surface area contributed by atoms with Gasteiger partial charge in [0, 0.05) is 32.7 Å². The monoisotopic (exact) mass is 171 g/mol. The summed E-state index contributed by atoms with van der Waals surface area (Å²) in [6.45, 7) is 1.57. The molecule has 0 saturated carbocycles. The fourth-order valence-corrected chi connectivity index (χ4v) is 0.0500. The third kappa shape index (κ3) is 22.2. The van der Waals surface area contributed by atoms with Crippen molar-refractivity contribution >= 4 is 6.21 Å². The van der Waals surface area contributed by atoms with Crippen molar-refractivity contribution in [3.8, 4) is 6.19 Å². The predicted octanol–water partition coefficient (Wildman–Crippen LogP) is 0.883. The summed E-state index contributed by atoms with van der Waals surface area (Å²) in [7, 11) is 0. The van der Waals surface area contributed by atoms with Gasteiger partial charge in [0.25, 0.3) is 0 Å². The summed E-state index contributed by atoms with van der Waals surface area (Å²) in [5.74, 6) is 0. The van der Waals surface area contributed by atoms with Crippen LogP contribution in [0.2, 0.25) is 0 Å². The molecule has 1 radical (unpaired) electrons. The van der Waals surface area contributed by atoms with Crippen LogP contribution in [0.3, 0.4) is 0 Å². The molecule has 3 heteroatoms. The van der Waals surface area contributed by atoms with Crippen LogP contribution < -0.4 is 0 Å². The van der Waals surface area contributed by atoms with Crippen molar-refractivity contribution in [1.82, 2.24) is 0 Å². The molecule has 0 atom stereocenters. The van der Waals surface area contributed by atoms with Gasteiger partial charge >= 0.3 is 0 Å². The van der Waals surface area contributed by atoms with Crippen molar-refractivity contribution in [2.75, 3.05) is 0 Å². The summed E-state index contributed by atoms with van der Waals surface area (Å²) in [5, 5.41) is 7.59. The summed E-state index contributed by atoms with van der Waals surface area (Å²) in [6, 6.07) is 0. The minimum absolute atomic E-state index is 0. The maximum atomic E-state index is 7.59. The Hall–Kier alpha value is 0.264. The zero-order chi connectivity index (χ0) is 4.12. The third-order valence-corrected chi connectivity index (χ3v) is 0.162. The van der Waals surface area contributed by atoms with Gasteiger partial charge in [-0.15, -0.1) is 6.92 Å². The molecule has 37 valence electrons. The standard InChI is InChI=1S/C3H3N2.CH3.Y/c1-2-5-3-4;;/h1H3;1H3;/q2*-1;. The molecule has 0 unspecified atom stereocenters. The fraction of sp³-hybridized carbons (Fsp3) is 0.250. The summed E-state index contributed by atoms with van der Waals surface area (Å²) >= 11 is 0. The van der Waals surface area contributed by atoms with Gasteiger partial charge in [0.05, 0.1) is 0 Å². The van der Waals surface area contributed by atoms with Crippen LogP contribution in [0.5, 0.6) is 0 Å². The van der Waals surface area contributed by atoms with E-state index in [0.29, 0.717) is 0 Å². The van der Waals surface area contributed by atoms with E-state index in [9.17, 15) is 0 Å². The number of rotatable bonds is 0. The predicted molar refractivity (Wildman–Crippen MR) is 25.1 cm³/mol. The molecule has 0 amide bonds. The number of nitriles is 1. The van der Waals surface area contributed by atoms with Crippen molar-refractivity contribution in [3.05, 3.63) is 7.43 Å². The van der Waals surface area contributed by atoms with Crippen LogP contribution in [0.1, 0.15) is 6.92 Å². The van der Waals surface area contributed by atoms with Crippen molar-refractivity contribution in [3.63, 3.8) is 0 Å². The Bertz CT molecular complexity index is 72.2. The molecule has 7 heavy (non-hydrogen) atoms. The van der Waals surface area contributed by atoms with Gasteiger partial charge in [-0.05, 0) is 6.19 Å². The summed E-state index contributed by atoms with van der Waals surface area (Å²) in [5.41, 5.74) is 0. The van der Waals surface area contributed by atoms with E-state index in [0.717, 1.165) is 0 Å². The molecular formula is C4H6N2Y-2. The first-order valence-electron chi connectivity index (χ1n) is 1.17. The Labute approximate surface area is 69.5 Å². The quantitative estimate of drug-likeness (QED) is 0.302. The molecule has 0 rings (SSSR count). The van der Waals surface area contributed by atoms with Gasteiger partial charge < -0.3 is 17.7 Å². The van der Waals surface area contributed by atoms with Crippen molar-refractivity contribution in [1.29, 1.82) is 5.26 Å². The van der Waals surface area contributed by atoms with Gasteiger partial charge in [0.2, 0.25) is 0 Å². The molecule has 0 aliphatic heterocycles. The summed E-state index contributed by atoms with van der Waals surface area (Å²) in [6.07, 6.45) is 3.81. The van der Waals surface area contributed by atoms with Crippen LogP contribution in [0.15, 0.2) is 4.99 Å². The maximum Gasteiger partial charge on any atom is 0 e. The van der Waals surface area contributed by atoms with E-state index in [4.69, 9.17) is 5.26 Å². The topological polar surface area (TPSA) is 36.1 Å². The smallest absolute Gasteiger partial charge is 0 e. The van der Waals surface area contributed by atoms with E-state index in [2.05, 4.69) is 11.2 Å². The first-order valence-corrected chi connectivity index (χ1v) is 1.17. The Kier molecular flexibility index (Phi) is 36.5. The summed E-state index contributed by atoms with van der Waals surface area (Å²) in [4.78, 5) is 3.03. The Morgan fingerprint density at radius 2 is 2.14 bits per heavy atom. The Morgan fingerprint density at radius 3 is 2.14 bits per heavy atom.